The van der Waals surface area contributed by atoms with Gasteiger partial charge in [-0.1, -0.05) is 11.8 Å². The van der Waals surface area contributed by atoms with E-state index in [-0.39, 0.29) is 5.82 Å². The second-order valence-corrected chi connectivity index (χ2v) is 4.28. The van der Waals surface area contributed by atoms with Crippen molar-refractivity contribution in [3.05, 3.63) is 16.3 Å². The molecule has 0 amide bonds. The lowest BCUT2D eigenvalue weighted by Crippen LogP contribution is -2.04. The van der Waals surface area contributed by atoms with E-state index in [1.165, 1.54) is 22.5 Å². The first kappa shape index (κ1) is 12.6. The number of imidazole rings is 1. The van der Waals surface area contributed by atoms with Crippen molar-refractivity contribution in [3.63, 3.8) is 0 Å². The van der Waals surface area contributed by atoms with E-state index in [0.29, 0.717) is 18.2 Å². The number of hydrogen-bond acceptors (Lipinski definition) is 6. The highest BCUT2D eigenvalue weighted by molar-refractivity contribution is 7.98. The Morgan fingerprint density at radius 1 is 1.44 bits per heavy atom. The lowest BCUT2D eigenvalue weighted by molar-refractivity contribution is -0.391. The molecule has 2 heterocycles. The lowest BCUT2D eigenvalue weighted by Gasteiger charge is -2.03. The zero-order chi connectivity index (χ0) is 13.3. The van der Waals surface area contributed by atoms with E-state index in [1.54, 1.807) is 7.05 Å². The Balaban J connectivity index is 2.55. The summed E-state index contributed by atoms with van der Waals surface area (Å²) in [5.41, 5.74) is 0. The summed E-state index contributed by atoms with van der Waals surface area (Å²) in [5, 5.41) is 19.6. The molecule has 0 N–H and O–H groups in total. The third kappa shape index (κ3) is 1.86. The normalized spacial score (nSPS) is 10.8. The van der Waals surface area contributed by atoms with Gasteiger partial charge in [0.1, 0.15) is 6.20 Å². The standard InChI is InChI=1S/C9H12N6O2S/c1-4-14-8(11-12-9(14)18-3)7-10-5-6(13(7)2)15(16)17/h5H,4H2,1-3H3. The van der Waals surface area contributed by atoms with Crippen LogP contribution in [0.15, 0.2) is 11.4 Å². The second-order valence-electron chi connectivity index (χ2n) is 3.51. The Morgan fingerprint density at radius 2 is 2.17 bits per heavy atom. The van der Waals surface area contributed by atoms with Crippen molar-refractivity contribution in [2.75, 3.05) is 6.26 Å². The van der Waals surface area contributed by atoms with E-state index < -0.39 is 4.92 Å². The van der Waals surface area contributed by atoms with Crippen molar-refractivity contribution in [2.45, 2.75) is 18.6 Å². The Morgan fingerprint density at radius 3 is 2.67 bits per heavy atom. The fraction of sp³-hybridized carbons (Fsp3) is 0.444. The van der Waals surface area contributed by atoms with Crippen LogP contribution in [0, 0.1) is 10.1 Å². The minimum Gasteiger partial charge on any atom is -0.358 e. The van der Waals surface area contributed by atoms with Crippen LogP contribution in [0.3, 0.4) is 0 Å². The van der Waals surface area contributed by atoms with E-state index in [9.17, 15) is 10.1 Å². The molecule has 0 fully saturated rings. The molecule has 0 aromatic carbocycles. The molecule has 8 nitrogen and oxygen atoms in total. The van der Waals surface area contributed by atoms with Gasteiger partial charge in [0.05, 0.1) is 7.05 Å². The highest BCUT2D eigenvalue weighted by Crippen LogP contribution is 2.24. The van der Waals surface area contributed by atoms with E-state index in [4.69, 9.17) is 0 Å². The molecule has 0 aliphatic carbocycles. The van der Waals surface area contributed by atoms with E-state index in [2.05, 4.69) is 15.2 Å². The summed E-state index contributed by atoms with van der Waals surface area (Å²) >= 11 is 1.47. The fourth-order valence-corrected chi connectivity index (χ4v) is 2.23. The van der Waals surface area contributed by atoms with Crippen LogP contribution in [0.1, 0.15) is 6.92 Å². The second kappa shape index (κ2) is 4.77. The Labute approximate surface area is 107 Å². The van der Waals surface area contributed by atoms with Crippen LogP contribution in [0.4, 0.5) is 5.82 Å². The molecule has 0 saturated carbocycles. The van der Waals surface area contributed by atoms with Crippen LogP contribution in [0.5, 0.6) is 0 Å². The molecule has 0 aliphatic heterocycles. The van der Waals surface area contributed by atoms with Crippen LogP contribution in [0.25, 0.3) is 11.6 Å². The van der Waals surface area contributed by atoms with Crippen LogP contribution in [0.2, 0.25) is 0 Å². The molecule has 0 radical (unpaired) electrons. The molecule has 0 atom stereocenters. The molecule has 0 bridgehead atoms. The highest BCUT2D eigenvalue weighted by atomic mass is 32.2. The van der Waals surface area contributed by atoms with Crippen molar-refractivity contribution in [2.24, 2.45) is 7.05 Å². The molecular formula is C9H12N6O2S. The third-order valence-corrected chi connectivity index (χ3v) is 3.23. The van der Waals surface area contributed by atoms with E-state index in [1.807, 2.05) is 17.7 Å². The molecule has 0 aliphatic rings. The number of aromatic nitrogens is 5. The minimum absolute atomic E-state index is 0.0682. The maximum Gasteiger partial charge on any atom is 0.343 e. The zero-order valence-corrected chi connectivity index (χ0v) is 11.0. The van der Waals surface area contributed by atoms with Gasteiger partial charge in [0.2, 0.25) is 5.82 Å². The molecular weight excluding hydrogens is 256 g/mol. The Hall–Kier alpha value is -1.90. The van der Waals surface area contributed by atoms with Crippen molar-refractivity contribution in [1.82, 2.24) is 24.3 Å². The summed E-state index contributed by atoms with van der Waals surface area (Å²) in [7, 11) is 1.59. The first-order valence-corrected chi connectivity index (χ1v) is 6.46. The summed E-state index contributed by atoms with van der Waals surface area (Å²) in [4.78, 5) is 14.4. The molecule has 2 aromatic rings. The summed E-state index contributed by atoms with van der Waals surface area (Å²) in [6, 6.07) is 0. The van der Waals surface area contributed by atoms with Crippen molar-refractivity contribution < 1.29 is 4.92 Å². The number of rotatable bonds is 4. The maximum atomic E-state index is 10.8. The van der Waals surface area contributed by atoms with Crippen LogP contribution < -0.4 is 0 Å². The van der Waals surface area contributed by atoms with E-state index in [0.717, 1.165) is 5.16 Å². The first-order valence-electron chi connectivity index (χ1n) is 5.23. The smallest absolute Gasteiger partial charge is 0.343 e. The number of nitro groups is 1. The largest absolute Gasteiger partial charge is 0.358 e. The fourth-order valence-electron chi connectivity index (χ4n) is 1.67. The molecule has 0 saturated heterocycles. The lowest BCUT2D eigenvalue weighted by atomic mass is 10.5. The maximum absolute atomic E-state index is 10.8. The quantitative estimate of drug-likeness (QED) is 0.472. The Kier molecular flexibility index (Phi) is 3.32. The molecule has 2 rings (SSSR count). The van der Waals surface area contributed by atoms with Gasteiger partial charge < -0.3 is 10.1 Å². The third-order valence-electron chi connectivity index (χ3n) is 2.57. The molecule has 96 valence electrons. The predicted molar refractivity (Wildman–Crippen MR) is 66.3 cm³/mol. The average Bonchev–Trinajstić information content (AvgIpc) is 2.91. The zero-order valence-electron chi connectivity index (χ0n) is 10.2. The average molecular weight is 268 g/mol. The molecule has 2 aromatic heterocycles. The predicted octanol–water partition coefficient (Wildman–Crippen LogP) is 1.33. The van der Waals surface area contributed by atoms with Gasteiger partial charge >= 0.3 is 5.82 Å². The molecule has 9 heteroatoms. The summed E-state index contributed by atoms with van der Waals surface area (Å²) in [6.45, 7) is 2.64. The summed E-state index contributed by atoms with van der Waals surface area (Å²) in [6.07, 6.45) is 3.13. The van der Waals surface area contributed by atoms with Gasteiger partial charge in [0, 0.05) is 6.54 Å². The highest BCUT2D eigenvalue weighted by Gasteiger charge is 2.23. The van der Waals surface area contributed by atoms with Crippen LogP contribution in [-0.2, 0) is 13.6 Å². The van der Waals surface area contributed by atoms with Gasteiger partial charge in [-0.2, -0.15) is 0 Å². The van der Waals surface area contributed by atoms with Gasteiger partial charge in [-0.15, -0.1) is 10.2 Å². The minimum atomic E-state index is -0.474. The topological polar surface area (TPSA) is 91.7 Å². The molecule has 0 spiro atoms. The van der Waals surface area contributed by atoms with Crippen molar-refractivity contribution in [1.29, 1.82) is 0 Å². The summed E-state index contributed by atoms with van der Waals surface area (Å²) < 4.78 is 3.27. The van der Waals surface area contributed by atoms with Gasteiger partial charge in [0.25, 0.3) is 5.82 Å². The number of hydrogen-bond donors (Lipinski definition) is 0. The summed E-state index contributed by atoms with van der Waals surface area (Å²) in [5.74, 6) is 0.912. The molecule has 0 unspecified atom stereocenters. The van der Waals surface area contributed by atoms with Gasteiger partial charge in [-0.05, 0) is 18.1 Å². The number of thioether (sulfide) groups is 1. The number of nitrogens with zero attached hydrogens (tertiary/aromatic N) is 6. The van der Waals surface area contributed by atoms with Crippen molar-refractivity contribution in [3.8, 4) is 11.6 Å². The molecule has 18 heavy (non-hydrogen) atoms. The van der Waals surface area contributed by atoms with Crippen LogP contribution >= 0.6 is 11.8 Å². The first-order chi connectivity index (χ1) is 8.60. The van der Waals surface area contributed by atoms with Gasteiger partial charge in [0.15, 0.2) is 5.16 Å². The van der Waals surface area contributed by atoms with E-state index >= 15 is 0 Å². The van der Waals surface area contributed by atoms with Gasteiger partial charge in [-0.25, -0.2) is 9.55 Å². The Bertz CT molecular complexity index is 590. The van der Waals surface area contributed by atoms with Crippen molar-refractivity contribution >= 4 is 17.6 Å². The van der Waals surface area contributed by atoms with Crippen LogP contribution in [-0.4, -0.2) is 35.5 Å². The SMILES string of the molecule is CCn1c(SC)nnc1-c1ncc([N+](=O)[O-])n1C. The monoisotopic (exact) mass is 268 g/mol. The van der Waals surface area contributed by atoms with Gasteiger partial charge in [-0.3, -0.25) is 4.57 Å².